The fourth-order valence-electron chi connectivity index (χ4n) is 1.10. The summed E-state index contributed by atoms with van der Waals surface area (Å²) in [5.74, 6) is -1.49. The lowest BCUT2D eigenvalue weighted by Gasteiger charge is -2.02. The quantitative estimate of drug-likeness (QED) is 0.573. The van der Waals surface area contributed by atoms with Crippen LogP contribution in [0.3, 0.4) is 0 Å². The lowest BCUT2D eigenvalue weighted by atomic mass is 10.1. The van der Waals surface area contributed by atoms with Crippen molar-refractivity contribution in [2.24, 2.45) is 0 Å². The molecule has 0 atom stereocenters. The Hall–Kier alpha value is -1.98. The molecule has 0 spiro atoms. The minimum atomic E-state index is -1.11. The maximum Gasteiger partial charge on any atom is 0.367 e. The molecule has 6 heteroatoms. The third-order valence-electron chi connectivity index (χ3n) is 1.77. The van der Waals surface area contributed by atoms with Crippen molar-refractivity contribution in [2.75, 3.05) is 0 Å². The number of carboxylic acid groups (broad SMARTS) is 1. The molecule has 0 aliphatic heterocycles. The van der Waals surface area contributed by atoms with E-state index in [4.69, 9.17) is 5.11 Å². The largest absolute Gasteiger partial charge is 0.481 e. The summed E-state index contributed by atoms with van der Waals surface area (Å²) < 4.78 is 0. The van der Waals surface area contributed by atoms with Gasteiger partial charge in [-0.05, 0) is 28.5 Å². The van der Waals surface area contributed by atoms with E-state index in [1.165, 1.54) is 6.20 Å². The zero-order valence-electron chi connectivity index (χ0n) is 7.43. The molecule has 1 heterocycles. The highest BCUT2D eigenvalue weighted by molar-refractivity contribution is 5.72. The van der Waals surface area contributed by atoms with Crippen LogP contribution in [0.2, 0.25) is 0 Å². The summed E-state index contributed by atoms with van der Waals surface area (Å²) in [6.07, 6.45) is 0.912. The van der Waals surface area contributed by atoms with Gasteiger partial charge in [0.15, 0.2) is 0 Å². The van der Waals surface area contributed by atoms with Crippen LogP contribution in [0.25, 0.3) is 0 Å². The Kier molecular flexibility index (Phi) is 2.76. The Balaban J connectivity index is 3.22. The molecule has 0 aliphatic rings. The molecule has 1 N–H and O–H groups in total. The second-order valence-electron chi connectivity index (χ2n) is 2.76. The van der Waals surface area contributed by atoms with Gasteiger partial charge >= 0.3 is 11.8 Å². The summed E-state index contributed by atoms with van der Waals surface area (Å²) in [6, 6.07) is 1.55. The summed E-state index contributed by atoms with van der Waals surface area (Å²) in [7, 11) is 0. The van der Waals surface area contributed by atoms with E-state index in [-0.39, 0.29) is 17.8 Å². The lowest BCUT2D eigenvalue weighted by molar-refractivity contribution is -0.390. The fraction of sp³-hybridized carbons (Fsp3) is 0.250. The number of carboxylic acids is 1. The van der Waals surface area contributed by atoms with Gasteiger partial charge < -0.3 is 15.2 Å². The molecule has 1 aromatic heterocycles. The van der Waals surface area contributed by atoms with Crippen LogP contribution in [-0.4, -0.2) is 21.0 Å². The third kappa shape index (κ3) is 2.03. The molecule has 0 unspecified atom stereocenters. The molecule has 14 heavy (non-hydrogen) atoms. The zero-order chi connectivity index (χ0) is 10.7. The zero-order valence-corrected chi connectivity index (χ0v) is 7.43. The summed E-state index contributed by atoms with van der Waals surface area (Å²) in [5, 5.41) is 19.1. The average molecular weight is 196 g/mol. The van der Waals surface area contributed by atoms with E-state index >= 15 is 0 Å². The second kappa shape index (κ2) is 3.82. The summed E-state index contributed by atoms with van der Waals surface area (Å²) >= 11 is 0. The molecule has 0 fully saturated rings. The fourth-order valence-corrected chi connectivity index (χ4v) is 1.10. The Bertz CT molecular complexity index is 389. The predicted octanol–water partition coefficient (Wildman–Crippen LogP) is 0.925. The summed E-state index contributed by atoms with van der Waals surface area (Å²) in [6.45, 7) is 1.62. The molecule has 74 valence electrons. The predicted molar refractivity (Wildman–Crippen MR) is 47.0 cm³/mol. The topological polar surface area (TPSA) is 93.3 Å². The van der Waals surface area contributed by atoms with Gasteiger partial charge in [-0.2, -0.15) is 0 Å². The minimum Gasteiger partial charge on any atom is -0.481 e. The van der Waals surface area contributed by atoms with Crippen molar-refractivity contribution in [1.29, 1.82) is 0 Å². The van der Waals surface area contributed by atoms with Gasteiger partial charge in [-0.1, -0.05) is 0 Å². The molecule has 0 aliphatic carbocycles. The van der Waals surface area contributed by atoms with Gasteiger partial charge in [-0.25, -0.2) is 0 Å². The highest BCUT2D eigenvalue weighted by Gasteiger charge is 2.19. The van der Waals surface area contributed by atoms with Crippen LogP contribution >= 0.6 is 0 Å². The molecular weight excluding hydrogens is 188 g/mol. The number of aromatic nitrogens is 1. The van der Waals surface area contributed by atoms with Crippen molar-refractivity contribution in [3.63, 3.8) is 0 Å². The van der Waals surface area contributed by atoms with Gasteiger partial charge in [0.1, 0.15) is 6.20 Å². The van der Waals surface area contributed by atoms with E-state index in [0.717, 1.165) is 0 Å². The van der Waals surface area contributed by atoms with Crippen LogP contribution in [0.1, 0.15) is 11.1 Å². The van der Waals surface area contributed by atoms with E-state index in [1.807, 2.05) is 0 Å². The smallest absolute Gasteiger partial charge is 0.367 e. The van der Waals surface area contributed by atoms with Gasteiger partial charge in [0.05, 0.1) is 12.0 Å². The number of nitro groups is 1. The molecule has 0 saturated carbocycles. The van der Waals surface area contributed by atoms with Crippen LogP contribution in [0.5, 0.6) is 0 Å². The first-order valence-corrected chi connectivity index (χ1v) is 3.83. The molecule has 1 rings (SSSR count). The number of aliphatic carboxylic acids is 1. The first-order chi connectivity index (χ1) is 6.52. The van der Waals surface area contributed by atoms with Crippen molar-refractivity contribution in [3.05, 3.63) is 33.5 Å². The van der Waals surface area contributed by atoms with Crippen LogP contribution in [0.15, 0.2) is 12.3 Å². The molecule has 1 aromatic rings. The van der Waals surface area contributed by atoms with Gasteiger partial charge in [0.2, 0.25) is 0 Å². The van der Waals surface area contributed by atoms with Crippen molar-refractivity contribution in [2.45, 2.75) is 13.3 Å². The standard InChI is InChI=1S/C8H8N2O4/c1-5-2-3-9-8(10(13)14)6(5)4-7(11)12/h2-3H,4H2,1H3,(H,11,12). The van der Waals surface area contributed by atoms with Gasteiger partial charge in [0, 0.05) is 0 Å². The highest BCUT2D eigenvalue weighted by atomic mass is 16.6. The molecule has 0 amide bonds. The molecule has 0 aromatic carbocycles. The number of carbonyl (C=O) groups is 1. The molecule has 0 bridgehead atoms. The van der Waals surface area contributed by atoms with Crippen LogP contribution < -0.4 is 0 Å². The van der Waals surface area contributed by atoms with Gasteiger partial charge in [-0.15, -0.1) is 0 Å². The molecule has 0 radical (unpaired) electrons. The van der Waals surface area contributed by atoms with Crippen LogP contribution in [-0.2, 0) is 11.2 Å². The number of pyridine rings is 1. The number of aryl methyl sites for hydroxylation is 1. The lowest BCUT2D eigenvalue weighted by Crippen LogP contribution is -2.07. The first-order valence-electron chi connectivity index (χ1n) is 3.83. The second-order valence-corrected chi connectivity index (χ2v) is 2.76. The molecule has 0 saturated heterocycles. The maximum absolute atomic E-state index is 10.5. The van der Waals surface area contributed by atoms with E-state index in [9.17, 15) is 14.9 Å². The van der Waals surface area contributed by atoms with Crippen LogP contribution in [0.4, 0.5) is 5.82 Å². The molecule has 6 nitrogen and oxygen atoms in total. The van der Waals surface area contributed by atoms with E-state index in [0.29, 0.717) is 5.56 Å². The third-order valence-corrected chi connectivity index (χ3v) is 1.77. The summed E-state index contributed by atoms with van der Waals surface area (Å²) in [5.41, 5.74) is 0.721. The summed E-state index contributed by atoms with van der Waals surface area (Å²) in [4.78, 5) is 23.8. The normalized spacial score (nSPS) is 9.79. The number of nitrogens with zero attached hydrogens (tertiary/aromatic N) is 2. The Morgan fingerprint density at radius 1 is 1.71 bits per heavy atom. The van der Waals surface area contributed by atoms with Gasteiger partial charge in [0.25, 0.3) is 0 Å². The van der Waals surface area contributed by atoms with E-state index in [1.54, 1.807) is 13.0 Å². The molecular formula is C8H8N2O4. The monoisotopic (exact) mass is 196 g/mol. The van der Waals surface area contributed by atoms with Crippen molar-refractivity contribution >= 4 is 11.8 Å². The Morgan fingerprint density at radius 2 is 2.36 bits per heavy atom. The van der Waals surface area contributed by atoms with Gasteiger partial charge in [-0.3, -0.25) is 4.79 Å². The van der Waals surface area contributed by atoms with E-state index < -0.39 is 10.9 Å². The number of hydrogen-bond donors (Lipinski definition) is 1. The van der Waals surface area contributed by atoms with Crippen molar-refractivity contribution in [3.8, 4) is 0 Å². The Labute approximate surface area is 79.4 Å². The highest BCUT2D eigenvalue weighted by Crippen LogP contribution is 2.19. The van der Waals surface area contributed by atoms with Crippen molar-refractivity contribution < 1.29 is 14.8 Å². The minimum absolute atomic E-state index is 0.157. The maximum atomic E-state index is 10.5. The average Bonchev–Trinajstić information content (AvgIpc) is 2.07. The Morgan fingerprint density at radius 3 is 2.86 bits per heavy atom. The van der Waals surface area contributed by atoms with Crippen LogP contribution in [0, 0.1) is 17.0 Å². The number of hydrogen-bond acceptors (Lipinski definition) is 4. The first kappa shape index (κ1) is 10.1. The number of rotatable bonds is 3. The van der Waals surface area contributed by atoms with Crippen molar-refractivity contribution in [1.82, 2.24) is 4.98 Å². The SMILES string of the molecule is Cc1ccnc([N+](=O)[O-])c1CC(=O)O. The van der Waals surface area contributed by atoms with E-state index in [2.05, 4.69) is 4.98 Å².